The molecule has 16 heavy (non-hydrogen) atoms. The van der Waals surface area contributed by atoms with Crippen LogP contribution >= 0.6 is 11.6 Å². The molecule has 0 spiro atoms. The van der Waals surface area contributed by atoms with E-state index in [9.17, 15) is 0 Å². The molecule has 1 aliphatic carbocycles. The van der Waals surface area contributed by atoms with Gasteiger partial charge < -0.3 is 5.32 Å². The first-order chi connectivity index (χ1) is 7.77. The van der Waals surface area contributed by atoms with E-state index in [1.807, 2.05) is 0 Å². The van der Waals surface area contributed by atoms with Gasteiger partial charge >= 0.3 is 0 Å². The summed E-state index contributed by atoms with van der Waals surface area (Å²) in [4.78, 5) is 0. The number of benzene rings is 1. The molecule has 2 rings (SSSR count). The second-order valence-electron chi connectivity index (χ2n) is 4.40. The Labute approximate surface area is 103 Å². The van der Waals surface area contributed by atoms with Gasteiger partial charge in [0.2, 0.25) is 0 Å². The molecule has 0 amide bonds. The van der Waals surface area contributed by atoms with E-state index in [2.05, 4.69) is 36.2 Å². The Morgan fingerprint density at radius 1 is 1.38 bits per heavy atom. The molecule has 1 aromatic rings. The van der Waals surface area contributed by atoms with E-state index in [-0.39, 0.29) is 0 Å². The number of halogens is 1. The number of hydrogen-bond donors (Lipinski definition) is 1. The van der Waals surface area contributed by atoms with E-state index in [1.165, 1.54) is 36.8 Å². The van der Waals surface area contributed by atoms with Crippen molar-refractivity contribution in [3.63, 3.8) is 0 Å². The highest BCUT2D eigenvalue weighted by atomic mass is 35.5. The third-order valence-corrected chi connectivity index (χ3v) is 3.29. The minimum atomic E-state index is 0.439. The molecule has 0 heterocycles. The Morgan fingerprint density at radius 3 is 3.00 bits per heavy atom. The molecule has 1 N–H and O–H groups in total. The summed E-state index contributed by atoms with van der Waals surface area (Å²) >= 11 is 5.81. The zero-order valence-electron chi connectivity index (χ0n) is 9.51. The second-order valence-corrected chi connectivity index (χ2v) is 4.93. The van der Waals surface area contributed by atoms with Crippen LogP contribution in [0.15, 0.2) is 35.9 Å². The van der Waals surface area contributed by atoms with Crippen LogP contribution in [0.3, 0.4) is 0 Å². The molecule has 0 radical (unpaired) electrons. The third kappa shape index (κ3) is 2.87. The average Bonchev–Trinajstić information content (AvgIpc) is 2.48. The summed E-state index contributed by atoms with van der Waals surface area (Å²) in [6.07, 6.45) is 4.97. The molecule has 1 nitrogen and oxygen atoms in total. The quantitative estimate of drug-likeness (QED) is 0.786. The van der Waals surface area contributed by atoms with Crippen molar-refractivity contribution in [3.05, 3.63) is 47.0 Å². The molecule has 1 aliphatic rings. The fourth-order valence-electron chi connectivity index (χ4n) is 2.37. The number of hydrogen-bond acceptors (Lipinski definition) is 1. The van der Waals surface area contributed by atoms with Crippen LogP contribution in [0.25, 0.3) is 0 Å². The lowest BCUT2D eigenvalue weighted by Gasteiger charge is -2.19. The van der Waals surface area contributed by atoms with Gasteiger partial charge in [-0.15, -0.1) is 0 Å². The molecular weight excluding hydrogens is 218 g/mol. The minimum absolute atomic E-state index is 0.439. The summed E-state index contributed by atoms with van der Waals surface area (Å²) in [5, 5.41) is 4.17. The molecule has 1 unspecified atom stereocenters. The third-order valence-electron chi connectivity index (χ3n) is 3.16. The second kappa shape index (κ2) is 5.51. The molecular formula is C14H18ClN. The molecule has 2 heteroatoms. The van der Waals surface area contributed by atoms with Crippen molar-refractivity contribution in [1.82, 2.24) is 5.32 Å². The zero-order chi connectivity index (χ0) is 11.4. The summed E-state index contributed by atoms with van der Waals surface area (Å²) in [5.74, 6) is 0. The van der Waals surface area contributed by atoms with Crippen LogP contribution in [-0.4, -0.2) is 6.54 Å². The number of rotatable bonds is 3. The van der Waals surface area contributed by atoms with Gasteiger partial charge in [-0.2, -0.15) is 0 Å². The highest BCUT2D eigenvalue weighted by Crippen LogP contribution is 2.28. The van der Waals surface area contributed by atoms with Crippen LogP contribution in [0.5, 0.6) is 0 Å². The van der Waals surface area contributed by atoms with Gasteiger partial charge in [0.15, 0.2) is 0 Å². The highest BCUT2D eigenvalue weighted by Gasteiger charge is 2.17. The SMILES string of the molecule is C=C(Cl)CNC1CCCCc2ccccc21. The Hall–Kier alpha value is -0.790. The Morgan fingerprint density at radius 2 is 2.19 bits per heavy atom. The lowest BCUT2D eigenvalue weighted by molar-refractivity contribution is 0.513. The summed E-state index contributed by atoms with van der Waals surface area (Å²) in [6.45, 7) is 4.42. The van der Waals surface area contributed by atoms with Crippen molar-refractivity contribution in [3.8, 4) is 0 Å². The first-order valence-corrected chi connectivity index (χ1v) is 6.29. The maximum atomic E-state index is 5.81. The van der Waals surface area contributed by atoms with Gasteiger partial charge in [-0.05, 0) is 30.4 Å². The Kier molecular flexibility index (Phi) is 4.03. The zero-order valence-corrected chi connectivity index (χ0v) is 10.3. The lowest BCUT2D eigenvalue weighted by Crippen LogP contribution is -2.22. The topological polar surface area (TPSA) is 12.0 Å². The van der Waals surface area contributed by atoms with Crippen molar-refractivity contribution >= 4 is 11.6 Å². The van der Waals surface area contributed by atoms with Crippen molar-refractivity contribution < 1.29 is 0 Å². The minimum Gasteiger partial charge on any atom is -0.305 e. The van der Waals surface area contributed by atoms with E-state index < -0.39 is 0 Å². The maximum absolute atomic E-state index is 5.81. The summed E-state index contributed by atoms with van der Waals surface area (Å²) in [6, 6.07) is 9.16. The Balaban J connectivity index is 2.15. The number of fused-ring (bicyclic) bond motifs is 1. The average molecular weight is 236 g/mol. The van der Waals surface area contributed by atoms with E-state index in [0.717, 1.165) is 0 Å². The van der Waals surface area contributed by atoms with Crippen molar-refractivity contribution in [2.75, 3.05) is 6.54 Å². The fourth-order valence-corrected chi connectivity index (χ4v) is 2.44. The first kappa shape index (κ1) is 11.7. The van der Waals surface area contributed by atoms with E-state index in [1.54, 1.807) is 0 Å². The smallest absolute Gasteiger partial charge is 0.0326 e. The number of aryl methyl sites for hydroxylation is 1. The molecule has 0 saturated carbocycles. The van der Waals surface area contributed by atoms with E-state index in [0.29, 0.717) is 17.6 Å². The number of nitrogens with one attached hydrogen (secondary N) is 1. The normalized spacial score (nSPS) is 19.9. The molecule has 0 aromatic heterocycles. The lowest BCUT2D eigenvalue weighted by atomic mass is 9.99. The molecule has 0 saturated heterocycles. The summed E-state index contributed by atoms with van der Waals surface area (Å²) in [5.41, 5.74) is 2.93. The molecule has 0 aliphatic heterocycles. The van der Waals surface area contributed by atoms with Gasteiger partial charge in [0.1, 0.15) is 0 Å². The Bertz CT molecular complexity index is 373. The van der Waals surface area contributed by atoms with E-state index in [4.69, 9.17) is 11.6 Å². The van der Waals surface area contributed by atoms with Gasteiger partial charge in [-0.1, -0.05) is 48.9 Å². The molecule has 86 valence electrons. The molecule has 1 aromatic carbocycles. The standard InChI is InChI=1S/C14H18ClN/c1-11(15)10-16-14-9-5-3-7-12-6-2-4-8-13(12)14/h2,4,6,8,14,16H,1,3,5,7,9-10H2. The predicted molar refractivity (Wildman–Crippen MR) is 69.7 cm³/mol. The monoisotopic (exact) mass is 235 g/mol. The van der Waals surface area contributed by atoms with Crippen LogP contribution in [0.1, 0.15) is 36.4 Å². The van der Waals surface area contributed by atoms with Gasteiger partial charge in [0.05, 0.1) is 0 Å². The van der Waals surface area contributed by atoms with Crippen molar-refractivity contribution in [2.24, 2.45) is 0 Å². The van der Waals surface area contributed by atoms with Crippen LogP contribution in [0.4, 0.5) is 0 Å². The first-order valence-electron chi connectivity index (χ1n) is 5.92. The van der Waals surface area contributed by atoms with Crippen molar-refractivity contribution in [2.45, 2.75) is 31.7 Å². The van der Waals surface area contributed by atoms with Gasteiger partial charge in [-0.3, -0.25) is 0 Å². The molecule has 0 bridgehead atoms. The largest absolute Gasteiger partial charge is 0.305 e. The predicted octanol–water partition coefficient (Wildman–Crippen LogP) is 3.80. The van der Waals surface area contributed by atoms with Crippen LogP contribution in [0, 0.1) is 0 Å². The molecule has 0 fully saturated rings. The van der Waals surface area contributed by atoms with Gasteiger partial charge in [0.25, 0.3) is 0 Å². The molecule has 1 atom stereocenters. The van der Waals surface area contributed by atoms with Crippen LogP contribution < -0.4 is 5.32 Å². The summed E-state index contributed by atoms with van der Waals surface area (Å²) in [7, 11) is 0. The van der Waals surface area contributed by atoms with Gasteiger partial charge in [0, 0.05) is 17.6 Å². The summed E-state index contributed by atoms with van der Waals surface area (Å²) < 4.78 is 0. The van der Waals surface area contributed by atoms with E-state index >= 15 is 0 Å². The fraction of sp³-hybridized carbons (Fsp3) is 0.429. The van der Waals surface area contributed by atoms with Gasteiger partial charge in [-0.25, -0.2) is 0 Å². The maximum Gasteiger partial charge on any atom is 0.0326 e. The van der Waals surface area contributed by atoms with Crippen LogP contribution in [-0.2, 0) is 6.42 Å². The highest BCUT2D eigenvalue weighted by molar-refractivity contribution is 6.29. The van der Waals surface area contributed by atoms with Crippen LogP contribution in [0.2, 0.25) is 0 Å². The van der Waals surface area contributed by atoms with Crippen molar-refractivity contribution in [1.29, 1.82) is 0 Å².